The van der Waals surface area contributed by atoms with Crippen LogP contribution in [0.2, 0.25) is 0 Å². The molecule has 8 aromatic carbocycles. The Kier molecular flexibility index (Phi) is 9.27. The summed E-state index contributed by atoms with van der Waals surface area (Å²) in [6.07, 6.45) is 6.57. The topological polar surface area (TPSA) is 3.24 Å². The molecule has 270 valence electrons. The number of hydrogen-bond acceptors (Lipinski definition) is 2. The van der Waals surface area contributed by atoms with Crippen molar-refractivity contribution in [3.8, 4) is 44.5 Å². The lowest BCUT2D eigenvalue weighted by atomic mass is 9.81. The molecule has 1 nitrogen and oxygen atoms in total. The first-order valence-electron chi connectivity index (χ1n) is 20.0. The molecule has 0 radical (unpaired) electrons. The number of benzene rings is 8. The lowest BCUT2D eigenvalue weighted by molar-refractivity contribution is 0.444. The molecule has 1 aromatic heterocycles. The molecular formula is C54H43NS. The zero-order chi connectivity index (χ0) is 37.3. The Hall–Kier alpha value is -6.22. The number of thiophene rings is 1. The van der Waals surface area contributed by atoms with Crippen molar-refractivity contribution in [2.45, 2.75) is 38.0 Å². The molecule has 1 aliphatic rings. The van der Waals surface area contributed by atoms with E-state index in [0.29, 0.717) is 5.92 Å². The van der Waals surface area contributed by atoms with Crippen LogP contribution in [0.3, 0.4) is 0 Å². The van der Waals surface area contributed by atoms with Crippen LogP contribution >= 0.6 is 11.3 Å². The van der Waals surface area contributed by atoms with Crippen molar-refractivity contribution in [1.29, 1.82) is 0 Å². The Morgan fingerprint density at radius 2 is 0.946 bits per heavy atom. The summed E-state index contributed by atoms with van der Waals surface area (Å²) in [5.41, 5.74) is 14.9. The first-order chi connectivity index (χ1) is 27.8. The second-order valence-corrected chi connectivity index (χ2v) is 16.2. The maximum Gasteiger partial charge on any atom is 0.0476 e. The van der Waals surface area contributed by atoms with Gasteiger partial charge in [0.05, 0.1) is 0 Å². The highest BCUT2D eigenvalue weighted by atomic mass is 32.1. The smallest absolute Gasteiger partial charge is 0.0476 e. The summed E-state index contributed by atoms with van der Waals surface area (Å²) in [7, 11) is 0. The molecule has 0 atom stereocenters. The average molecular weight is 738 g/mol. The molecule has 0 bridgehead atoms. The van der Waals surface area contributed by atoms with Gasteiger partial charge in [-0.15, -0.1) is 11.3 Å². The molecule has 56 heavy (non-hydrogen) atoms. The monoisotopic (exact) mass is 737 g/mol. The van der Waals surface area contributed by atoms with Gasteiger partial charge >= 0.3 is 0 Å². The van der Waals surface area contributed by atoms with Crippen molar-refractivity contribution < 1.29 is 0 Å². The summed E-state index contributed by atoms with van der Waals surface area (Å²) < 4.78 is 2.62. The lowest BCUT2D eigenvalue weighted by Crippen LogP contribution is -2.10. The quantitative estimate of drug-likeness (QED) is 0.150. The molecule has 1 fully saturated rings. The van der Waals surface area contributed by atoms with Gasteiger partial charge in [-0.05, 0) is 111 Å². The molecule has 1 aliphatic carbocycles. The summed E-state index contributed by atoms with van der Waals surface area (Å²) >= 11 is 1.87. The van der Waals surface area contributed by atoms with Gasteiger partial charge in [-0.3, -0.25) is 0 Å². The molecular weight excluding hydrogens is 695 g/mol. The van der Waals surface area contributed by atoms with Crippen molar-refractivity contribution in [3.05, 3.63) is 200 Å². The normalized spacial score (nSPS) is 13.3. The summed E-state index contributed by atoms with van der Waals surface area (Å²) in [4.78, 5) is 2.45. The van der Waals surface area contributed by atoms with Gasteiger partial charge in [0.2, 0.25) is 0 Å². The van der Waals surface area contributed by atoms with Crippen molar-refractivity contribution in [3.63, 3.8) is 0 Å². The van der Waals surface area contributed by atoms with Gasteiger partial charge in [0.1, 0.15) is 0 Å². The summed E-state index contributed by atoms with van der Waals surface area (Å²) in [5.74, 6) is 0.627. The van der Waals surface area contributed by atoms with Gasteiger partial charge in [-0.1, -0.05) is 171 Å². The van der Waals surface area contributed by atoms with Crippen molar-refractivity contribution in [2.75, 3.05) is 4.90 Å². The molecule has 0 amide bonds. The predicted octanol–water partition coefficient (Wildman–Crippen LogP) is 16.2. The van der Waals surface area contributed by atoms with Crippen LogP contribution in [0.5, 0.6) is 0 Å². The fraction of sp³-hybridized carbons (Fsp3) is 0.111. The third kappa shape index (κ3) is 6.51. The molecule has 9 aromatic rings. The zero-order valence-electron chi connectivity index (χ0n) is 31.4. The van der Waals surface area contributed by atoms with E-state index in [2.05, 4.69) is 199 Å². The van der Waals surface area contributed by atoms with Crippen LogP contribution in [0.1, 0.15) is 43.6 Å². The van der Waals surface area contributed by atoms with E-state index in [1.807, 2.05) is 11.3 Å². The Morgan fingerprint density at radius 1 is 0.375 bits per heavy atom. The second kappa shape index (κ2) is 15.1. The molecule has 1 heterocycles. The Bertz CT molecular complexity index is 2720. The first kappa shape index (κ1) is 34.3. The second-order valence-electron chi connectivity index (χ2n) is 15.1. The van der Waals surface area contributed by atoms with Gasteiger partial charge < -0.3 is 4.90 Å². The number of nitrogens with zero attached hydrogens (tertiary/aromatic N) is 1. The van der Waals surface area contributed by atoms with E-state index in [1.165, 1.54) is 102 Å². The maximum absolute atomic E-state index is 2.45. The van der Waals surface area contributed by atoms with E-state index >= 15 is 0 Å². The van der Waals surface area contributed by atoms with E-state index in [-0.39, 0.29) is 0 Å². The lowest BCUT2D eigenvalue weighted by Gasteiger charge is -2.27. The molecule has 0 N–H and O–H groups in total. The predicted molar refractivity (Wildman–Crippen MR) is 242 cm³/mol. The largest absolute Gasteiger partial charge is 0.310 e. The van der Waals surface area contributed by atoms with Gasteiger partial charge in [-0.2, -0.15) is 0 Å². The van der Waals surface area contributed by atoms with Crippen LogP contribution in [0.15, 0.2) is 194 Å². The minimum atomic E-state index is 0.627. The third-order valence-corrected chi connectivity index (χ3v) is 12.8. The number of fused-ring (bicyclic) bond motifs is 3. The number of rotatable bonds is 8. The van der Waals surface area contributed by atoms with Crippen LogP contribution in [0.4, 0.5) is 17.1 Å². The van der Waals surface area contributed by atoms with Gasteiger partial charge in [0.25, 0.3) is 0 Å². The third-order valence-electron chi connectivity index (χ3n) is 11.7. The first-order valence-corrected chi connectivity index (χ1v) is 20.9. The Balaban J connectivity index is 1.12. The highest BCUT2D eigenvalue weighted by molar-refractivity contribution is 7.25. The van der Waals surface area contributed by atoms with E-state index in [9.17, 15) is 0 Å². The van der Waals surface area contributed by atoms with Crippen molar-refractivity contribution >= 4 is 48.6 Å². The number of anilines is 3. The average Bonchev–Trinajstić information content (AvgIpc) is 3.65. The fourth-order valence-corrected chi connectivity index (χ4v) is 10.1. The molecule has 10 rings (SSSR count). The molecule has 1 saturated carbocycles. The van der Waals surface area contributed by atoms with E-state index in [4.69, 9.17) is 0 Å². The highest BCUT2D eigenvalue weighted by Gasteiger charge is 2.21. The minimum Gasteiger partial charge on any atom is -0.310 e. The molecule has 0 spiro atoms. The number of hydrogen-bond donors (Lipinski definition) is 0. The molecule has 0 saturated heterocycles. The van der Waals surface area contributed by atoms with E-state index in [0.717, 1.165) is 17.1 Å². The van der Waals surface area contributed by atoms with Gasteiger partial charge in [0, 0.05) is 37.2 Å². The van der Waals surface area contributed by atoms with Crippen LogP contribution in [-0.4, -0.2) is 0 Å². The van der Waals surface area contributed by atoms with Crippen LogP contribution < -0.4 is 4.90 Å². The standard InChI is InChI=1S/C54H43NS/c1-4-16-38(17-5-1)46-24-10-11-25-47(46)42-22-14-23-44(36-42)55(45-34-35-51-50-26-12-13-29-52(50)56-53(51)37-45)43-32-30-41(31-33-43)54-48(39-18-6-2-7-19-39)27-15-28-49(54)40-20-8-3-9-21-40/h2-3,6-15,18-38H,1,4-5,16-17H2. The van der Waals surface area contributed by atoms with Crippen LogP contribution in [-0.2, 0) is 0 Å². The summed E-state index contributed by atoms with van der Waals surface area (Å²) in [5, 5.41) is 2.63. The zero-order valence-corrected chi connectivity index (χ0v) is 32.3. The Labute approximate surface area is 334 Å². The minimum absolute atomic E-state index is 0.627. The van der Waals surface area contributed by atoms with E-state index in [1.54, 1.807) is 0 Å². The molecule has 0 unspecified atom stereocenters. The highest BCUT2D eigenvalue weighted by Crippen LogP contribution is 2.45. The summed E-state index contributed by atoms with van der Waals surface area (Å²) in [6, 6.07) is 71.6. The Morgan fingerprint density at radius 3 is 1.70 bits per heavy atom. The van der Waals surface area contributed by atoms with Gasteiger partial charge in [0.15, 0.2) is 0 Å². The van der Waals surface area contributed by atoms with Crippen molar-refractivity contribution in [2.24, 2.45) is 0 Å². The van der Waals surface area contributed by atoms with Gasteiger partial charge in [-0.25, -0.2) is 0 Å². The van der Waals surface area contributed by atoms with Crippen LogP contribution in [0.25, 0.3) is 64.7 Å². The van der Waals surface area contributed by atoms with Crippen LogP contribution in [0, 0.1) is 0 Å². The molecule has 2 heteroatoms. The summed E-state index contributed by atoms with van der Waals surface area (Å²) in [6.45, 7) is 0. The fourth-order valence-electron chi connectivity index (χ4n) is 9.00. The molecule has 0 aliphatic heterocycles. The van der Waals surface area contributed by atoms with Crippen molar-refractivity contribution in [1.82, 2.24) is 0 Å². The SMILES string of the molecule is c1ccc(-c2cccc(-c3ccccc3)c2-c2ccc(N(c3cccc(-c4ccccc4C4CCCCC4)c3)c3ccc4c(c3)sc3ccccc34)cc2)cc1. The maximum atomic E-state index is 2.45. The van der Waals surface area contributed by atoms with E-state index < -0.39 is 0 Å².